The number of hydrogen-bond donors (Lipinski definition) is 0. The van der Waals surface area contributed by atoms with Crippen molar-refractivity contribution in [3.63, 3.8) is 0 Å². The van der Waals surface area contributed by atoms with Gasteiger partial charge < -0.3 is 4.84 Å². The fraction of sp³-hybridized carbons (Fsp3) is 0.875. The minimum Gasteiger partial charge on any atom is -0.393 e. The second-order valence-corrected chi connectivity index (χ2v) is 3.75. The van der Waals surface area contributed by atoms with E-state index in [9.17, 15) is 0 Å². The zero-order chi connectivity index (χ0) is 8.20. The molecule has 0 bridgehead atoms. The Balaban J connectivity index is 3.57. The first kappa shape index (κ1) is 9.47. The summed E-state index contributed by atoms with van der Waals surface area (Å²) in [6.07, 6.45) is 1.99. The molecule has 0 N–H and O–H groups in total. The van der Waals surface area contributed by atoms with Crippen LogP contribution in [0.25, 0.3) is 0 Å². The highest BCUT2D eigenvalue weighted by Gasteiger charge is 2.05. The normalized spacial score (nSPS) is 13.0. The summed E-state index contributed by atoms with van der Waals surface area (Å²) in [7, 11) is 0. The third-order valence-electron chi connectivity index (χ3n) is 0.712. The lowest BCUT2D eigenvalue weighted by Crippen LogP contribution is -2.07. The lowest BCUT2D eigenvalue weighted by atomic mass is 10.00. The van der Waals surface area contributed by atoms with Crippen molar-refractivity contribution in [2.75, 3.05) is 0 Å². The molecule has 0 amide bonds. The first-order valence-corrected chi connectivity index (χ1v) is 3.62. The van der Waals surface area contributed by atoms with E-state index in [0.29, 0.717) is 0 Å². The van der Waals surface area contributed by atoms with Gasteiger partial charge >= 0.3 is 0 Å². The fourth-order valence-electron chi connectivity index (χ4n) is 0.310. The first-order chi connectivity index (χ1) is 4.42. The van der Waals surface area contributed by atoms with Crippen molar-refractivity contribution in [3.05, 3.63) is 0 Å². The number of oxime groups is 1. The summed E-state index contributed by atoms with van der Waals surface area (Å²) >= 11 is 0. The molecule has 0 fully saturated rings. The summed E-state index contributed by atoms with van der Waals surface area (Å²) < 4.78 is 0. The van der Waals surface area contributed by atoms with Gasteiger partial charge in [0.25, 0.3) is 0 Å². The van der Waals surface area contributed by atoms with E-state index in [0.717, 1.165) is 0 Å². The van der Waals surface area contributed by atoms with Crippen LogP contribution in [0.4, 0.5) is 0 Å². The molecule has 0 spiro atoms. The van der Waals surface area contributed by atoms with Gasteiger partial charge in [0.2, 0.25) is 0 Å². The standard InChI is InChI=1S/C8H17NO/c1-7(2)10-9-6-8(3,4)5/h6-7H,1-5H3. The summed E-state index contributed by atoms with van der Waals surface area (Å²) in [6, 6.07) is 0. The lowest BCUT2D eigenvalue weighted by molar-refractivity contribution is 0.0855. The Bertz CT molecular complexity index is 111. The molecule has 0 aromatic carbocycles. The Morgan fingerprint density at radius 3 is 2.10 bits per heavy atom. The molecule has 0 aliphatic carbocycles. The van der Waals surface area contributed by atoms with Crippen molar-refractivity contribution in [1.82, 2.24) is 0 Å². The van der Waals surface area contributed by atoms with E-state index >= 15 is 0 Å². The Morgan fingerprint density at radius 1 is 1.30 bits per heavy atom. The van der Waals surface area contributed by atoms with E-state index < -0.39 is 0 Å². The molecule has 0 rings (SSSR count). The van der Waals surface area contributed by atoms with Gasteiger partial charge in [-0.1, -0.05) is 25.9 Å². The zero-order valence-electron chi connectivity index (χ0n) is 7.51. The predicted octanol–water partition coefficient (Wildman–Crippen LogP) is 2.44. The molecule has 0 saturated carbocycles. The van der Waals surface area contributed by atoms with Gasteiger partial charge in [0.1, 0.15) is 6.10 Å². The maximum absolute atomic E-state index is 4.99. The van der Waals surface area contributed by atoms with E-state index in [-0.39, 0.29) is 11.5 Å². The second-order valence-electron chi connectivity index (χ2n) is 3.75. The van der Waals surface area contributed by atoms with Crippen LogP contribution >= 0.6 is 0 Å². The van der Waals surface area contributed by atoms with Crippen LogP contribution in [0.1, 0.15) is 34.6 Å². The Morgan fingerprint density at radius 2 is 1.80 bits per heavy atom. The minimum atomic E-state index is 0.120. The molecule has 0 radical (unpaired) electrons. The van der Waals surface area contributed by atoms with Crippen molar-refractivity contribution >= 4 is 6.21 Å². The van der Waals surface area contributed by atoms with Gasteiger partial charge in [-0.05, 0) is 13.8 Å². The van der Waals surface area contributed by atoms with Crippen LogP contribution in [0.2, 0.25) is 0 Å². The number of rotatable bonds is 2. The average molecular weight is 143 g/mol. The van der Waals surface area contributed by atoms with Gasteiger partial charge in [0, 0.05) is 11.6 Å². The fourth-order valence-corrected chi connectivity index (χ4v) is 0.310. The summed E-state index contributed by atoms with van der Waals surface area (Å²) in [5.74, 6) is 0. The Labute approximate surface area is 63.3 Å². The van der Waals surface area contributed by atoms with Crippen molar-refractivity contribution in [1.29, 1.82) is 0 Å². The summed E-state index contributed by atoms with van der Waals surface area (Å²) in [6.45, 7) is 10.2. The van der Waals surface area contributed by atoms with E-state index in [4.69, 9.17) is 4.84 Å². The highest BCUT2D eigenvalue weighted by molar-refractivity contribution is 5.63. The molecule has 0 heterocycles. The van der Waals surface area contributed by atoms with Gasteiger partial charge in [-0.25, -0.2) is 0 Å². The maximum atomic E-state index is 4.99. The van der Waals surface area contributed by atoms with E-state index in [2.05, 4.69) is 25.9 Å². The SMILES string of the molecule is CC(C)ON=CC(C)(C)C. The van der Waals surface area contributed by atoms with Gasteiger partial charge in [-0.15, -0.1) is 0 Å². The van der Waals surface area contributed by atoms with Crippen LogP contribution < -0.4 is 0 Å². The third-order valence-corrected chi connectivity index (χ3v) is 0.712. The van der Waals surface area contributed by atoms with Crippen molar-refractivity contribution in [2.45, 2.75) is 40.7 Å². The Hall–Kier alpha value is -0.530. The monoisotopic (exact) mass is 143 g/mol. The molecule has 0 aliphatic heterocycles. The van der Waals surface area contributed by atoms with E-state index in [1.807, 2.05) is 20.1 Å². The van der Waals surface area contributed by atoms with Gasteiger partial charge in [-0.3, -0.25) is 0 Å². The smallest absolute Gasteiger partial charge is 0.121 e. The topological polar surface area (TPSA) is 21.6 Å². The highest BCUT2D eigenvalue weighted by atomic mass is 16.6. The molecule has 60 valence electrons. The van der Waals surface area contributed by atoms with Crippen LogP contribution in [0, 0.1) is 5.41 Å². The summed E-state index contributed by atoms with van der Waals surface area (Å²) in [5, 5.41) is 3.82. The molecule has 2 heteroatoms. The van der Waals surface area contributed by atoms with Gasteiger partial charge in [0.15, 0.2) is 0 Å². The van der Waals surface area contributed by atoms with Crippen molar-refractivity contribution in [2.24, 2.45) is 10.6 Å². The molecule has 0 saturated heterocycles. The van der Waals surface area contributed by atoms with Crippen molar-refractivity contribution < 1.29 is 4.84 Å². The van der Waals surface area contributed by atoms with Crippen LogP contribution in [0.3, 0.4) is 0 Å². The largest absolute Gasteiger partial charge is 0.393 e. The summed E-state index contributed by atoms with van der Waals surface area (Å²) in [4.78, 5) is 4.99. The third kappa shape index (κ3) is 7.47. The molecule has 0 unspecified atom stereocenters. The number of hydrogen-bond acceptors (Lipinski definition) is 2. The molecule has 0 aromatic heterocycles. The molecule has 10 heavy (non-hydrogen) atoms. The minimum absolute atomic E-state index is 0.120. The molecular weight excluding hydrogens is 126 g/mol. The van der Waals surface area contributed by atoms with Crippen LogP contribution in [0.15, 0.2) is 5.16 Å². The zero-order valence-corrected chi connectivity index (χ0v) is 7.51. The highest BCUT2D eigenvalue weighted by Crippen LogP contribution is 2.08. The molecule has 2 nitrogen and oxygen atoms in total. The van der Waals surface area contributed by atoms with Gasteiger partial charge in [-0.2, -0.15) is 0 Å². The Kier molecular flexibility index (Phi) is 3.40. The quantitative estimate of drug-likeness (QED) is 0.430. The predicted molar refractivity (Wildman–Crippen MR) is 44.2 cm³/mol. The molecule has 0 atom stereocenters. The van der Waals surface area contributed by atoms with E-state index in [1.54, 1.807) is 0 Å². The molecule has 0 aliphatic rings. The first-order valence-electron chi connectivity index (χ1n) is 3.62. The van der Waals surface area contributed by atoms with Crippen LogP contribution in [-0.2, 0) is 4.84 Å². The number of nitrogens with zero attached hydrogens (tertiary/aromatic N) is 1. The average Bonchev–Trinajstić information content (AvgIpc) is 1.59. The van der Waals surface area contributed by atoms with Gasteiger partial charge in [0.05, 0.1) is 0 Å². The van der Waals surface area contributed by atoms with Crippen molar-refractivity contribution in [3.8, 4) is 0 Å². The lowest BCUT2D eigenvalue weighted by Gasteiger charge is -2.10. The molecule has 0 aromatic rings. The molecular formula is C8H17NO. The maximum Gasteiger partial charge on any atom is 0.121 e. The van der Waals surface area contributed by atoms with Crippen LogP contribution in [-0.4, -0.2) is 12.3 Å². The van der Waals surface area contributed by atoms with E-state index in [1.165, 1.54) is 0 Å². The second kappa shape index (κ2) is 3.59. The van der Waals surface area contributed by atoms with Crippen LogP contribution in [0.5, 0.6) is 0 Å². The summed E-state index contributed by atoms with van der Waals surface area (Å²) in [5.41, 5.74) is 0.120.